The SMILES string of the molecule is OC1(CNCc2cc(F)ccc2Cl)CCCC1. The number of nitrogens with one attached hydrogen (secondary N) is 1. The molecule has 1 aliphatic rings. The minimum Gasteiger partial charge on any atom is -0.389 e. The van der Waals surface area contributed by atoms with Crippen LogP contribution in [0.2, 0.25) is 5.02 Å². The molecule has 1 fully saturated rings. The van der Waals surface area contributed by atoms with Crippen molar-refractivity contribution in [3.05, 3.63) is 34.6 Å². The molecule has 2 nitrogen and oxygen atoms in total. The van der Waals surface area contributed by atoms with E-state index in [-0.39, 0.29) is 5.82 Å². The first-order chi connectivity index (χ1) is 8.09. The van der Waals surface area contributed by atoms with Crippen molar-refractivity contribution in [3.63, 3.8) is 0 Å². The van der Waals surface area contributed by atoms with E-state index in [1.165, 1.54) is 12.1 Å². The maximum Gasteiger partial charge on any atom is 0.123 e. The van der Waals surface area contributed by atoms with Gasteiger partial charge in [0.2, 0.25) is 0 Å². The summed E-state index contributed by atoms with van der Waals surface area (Å²) in [5.74, 6) is -0.286. The summed E-state index contributed by atoms with van der Waals surface area (Å²) < 4.78 is 13.0. The number of hydrogen-bond donors (Lipinski definition) is 2. The molecule has 0 radical (unpaired) electrons. The number of rotatable bonds is 4. The highest BCUT2D eigenvalue weighted by Gasteiger charge is 2.30. The van der Waals surface area contributed by atoms with Gasteiger partial charge in [-0.05, 0) is 36.6 Å². The zero-order chi connectivity index (χ0) is 12.3. The normalized spacial score (nSPS) is 18.5. The third kappa shape index (κ3) is 3.41. The molecule has 0 heterocycles. The van der Waals surface area contributed by atoms with Crippen molar-refractivity contribution in [3.8, 4) is 0 Å². The minimum atomic E-state index is -0.584. The van der Waals surface area contributed by atoms with Crippen molar-refractivity contribution in [1.29, 1.82) is 0 Å². The number of halogens is 2. The molecule has 4 heteroatoms. The van der Waals surface area contributed by atoms with Crippen LogP contribution in [0.5, 0.6) is 0 Å². The Bertz CT molecular complexity index is 391. The third-order valence-electron chi connectivity index (χ3n) is 3.31. The fourth-order valence-corrected chi connectivity index (χ4v) is 2.50. The van der Waals surface area contributed by atoms with Gasteiger partial charge in [0.05, 0.1) is 5.60 Å². The molecule has 0 saturated heterocycles. The van der Waals surface area contributed by atoms with Crippen LogP contribution in [-0.4, -0.2) is 17.3 Å². The summed E-state index contributed by atoms with van der Waals surface area (Å²) in [5.41, 5.74) is 0.146. The Morgan fingerprint density at radius 3 is 2.76 bits per heavy atom. The highest BCUT2D eigenvalue weighted by molar-refractivity contribution is 6.31. The van der Waals surface area contributed by atoms with E-state index in [2.05, 4.69) is 5.32 Å². The summed E-state index contributed by atoms with van der Waals surface area (Å²) >= 11 is 5.96. The molecule has 2 rings (SSSR count). The van der Waals surface area contributed by atoms with Crippen molar-refractivity contribution in [2.45, 2.75) is 37.8 Å². The predicted octanol–water partition coefficient (Wildman–Crippen LogP) is 2.87. The number of aliphatic hydroxyl groups is 1. The Hall–Kier alpha value is -0.640. The Balaban J connectivity index is 1.87. The first kappa shape index (κ1) is 12.8. The Morgan fingerprint density at radius 2 is 2.06 bits per heavy atom. The highest BCUT2D eigenvalue weighted by Crippen LogP contribution is 2.28. The van der Waals surface area contributed by atoms with Gasteiger partial charge >= 0.3 is 0 Å². The van der Waals surface area contributed by atoms with E-state index in [1.807, 2.05) is 0 Å². The monoisotopic (exact) mass is 257 g/mol. The van der Waals surface area contributed by atoms with Crippen molar-refractivity contribution in [2.75, 3.05) is 6.54 Å². The van der Waals surface area contributed by atoms with E-state index >= 15 is 0 Å². The Morgan fingerprint density at radius 1 is 1.35 bits per heavy atom. The summed E-state index contributed by atoms with van der Waals surface area (Å²) in [7, 11) is 0. The number of benzene rings is 1. The van der Waals surface area contributed by atoms with Gasteiger partial charge in [-0.25, -0.2) is 4.39 Å². The first-order valence-electron chi connectivity index (χ1n) is 5.96. The Kier molecular flexibility index (Phi) is 4.02. The van der Waals surface area contributed by atoms with Crippen LogP contribution in [0.1, 0.15) is 31.2 Å². The van der Waals surface area contributed by atoms with Gasteiger partial charge in [0, 0.05) is 18.1 Å². The average molecular weight is 258 g/mol. The van der Waals surface area contributed by atoms with Crippen LogP contribution in [-0.2, 0) is 6.54 Å². The molecular weight excluding hydrogens is 241 g/mol. The van der Waals surface area contributed by atoms with Gasteiger partial charge < -0.3 is 10.4 Å². The van der Waals surface area contributed by atoms with Gasteiger partial charge in [-0.3, -0.25) is 0 Å². The molecule has 1 aliphatic carbocycles. The van der Waals surface area contributed by atoms with Gasteiger partial charge in [-0.2, -0.15) is 0 Å². The fraction of sp³-hybridized carbons (Fsp3) is 0.538. The van der Waals surface area contributed by atoms with Crippen LogP contribution >= 0.6 is 11.6 Å². The molecule has 1 aromatic carbocycles. The largest absolute Gasteiger partial charge is 0.389 e. The lowest BCUT2D eigenvalue weighted by atomic mass is 10.0. The molecule has 0 aliphatic heterocycles. The van der Waals surface area contributed by atoms with E-state index in [9.17, 15) is 9.50 Å². The lowest BCUT2D eigenvalue weighted by molar-refractivity contribution is 0.0475. The molecule has 1 saturated carbocycles. The summed E-state index contributed by atoms with van der Waals surface area (Å²) in [6, 6.07) is 4.32. The van der Waals surface area contributed by atoms with Gasteiger partial charge in [0.25, 0.3) is 0 Å². The number of hydrogen-bond acceptors (Lipinski definition) is 2. The molecule has 17 heavy (non-hydrogen) atoms. The van der Waals surface area contributed by atoms with Crippen LogP contribution in [0, 0.1) is 5.82 Å². The average Bonchev–Trinajstić information content (AvgIpc) is 2.71. The van der Waals surface area contributed by atoms with Crippen LogP contribution in [0.4, 0.5) is 4.39 Å². The van der Waals surface area contributed by atoms with Gasteiger partial charge in [-0.1, -0.05) is 24.4 Å². The van der Waals surface area contributed by atoms with Gasteiger partial charge in [0.15, 0.2) is 0 Å². The van der Waals surface area contributed by atoms with E-state index in [0.717, 1.165) is 31.2 Å². The fourth-order valence-electron chi connectivity index (χ4n) is 2.32. The molecule has 2 N–H and O–H groups in total. The molecular formula is C13H17ClFNO. The van der Waals surface area contributed by atoms with Gasteiger partial charge in [-0.15, -0.1) is 0 Å². The van der Waals surface area contributed by atoms with Crippen molar-refractivity contribution < 1.29 is 9.50 Å². The maximum absolute atomic E-state index is 13.0. The molecule has 0 amide bonds. The van der Waals surface area contributed by atoms with Crippen LogP contribution < -0.4 is 5.32 Å². The smallest absolute Gasteiger partial charge is 0.123 e. The molecule has 0 unspecified atom stereocenters. The lowest BCUT2D eigenvalue weighted by Gasteiger charge is -2.22. The molecule has 0 bridgehead atoms. The minimum absolute atomic E-state index is 0.286. The summed E-state index contributed by atoms with van der Waals surface area (Å²) in [6.07, 6.45) is 3.85. The van der Waals surface area contributed by atoms with Crippen molar-refractivity contribution >= 4 is 11.6 Å². The topological polar surface area (TPSA) is 32.3 Å². The zero-order valence-electron chi connectivity index (χ0n) is 9.68. The van der Waals surface area contributed by atoms with Crippen LogP contribution in [0.3, 0.4) is 0 Å². The van der Waals surface area contributed by atoms with E-state index in [4.69, 9.17) is 11.6 Å². The summed E-state index contributed by atoms with van der Waals surface area (Å²) in [5, 5.41) is 13.8. The van der Waals surface area contributed by atoms with E-state index in [0.29, 0.717) is 18.1 Å². The Labute approximate surface area is 106 Å². The van der Waals surface area contributed by atoms with E-state index < -0.39 is 5.60 Å². The lowest BCUT2D eigenvalue weighted by Crippen LogP contribution is -2.37. The molecule has 0 aromatic heterocycles. The van der Waals surface area contributed by atoms with Crippen LogP contribution in [0.25, 0.3) is 0 Å². The molecule has 1 aromatic rings. The molecule has 94 valence electrons. The first-order valence-corrected chi connectivity index (χ1v) is 6.34. The summed E-state index contributed by atoms with van der Waals surface area (Å²) in [6.45, 7) is 1.03. The van der Waals surface area contributed by atoms with Crippen molar-refractivity contribution in [1.82, 2.24) is 5.32 Å². The second-order valence-corrected chi connectivity index (χ2v) is 5.18. The highest BCUT2D eigenvalue weighted by atomic mass is 35.5. The summed E-state index contributed by atoms with van der Waals surface area (Å²) in [4.78, 5) is 0. The predicted molar refractivity (Wildman–Crippen MR) is 66.5 cm³/mol. The second kappa shape index (κ2) is 5.34. The standard InChI is InChI=1S/C13H17ClFNO/c14-12-4-3-11(15)7-10(12)8-16-9-13(17)5-1-2-6-13/h3-4,7,16-17H,1-2,5-6,8-9H2. The molecule has 0 atom stereocenters. The molecule has 0 spiro atoms. The van der Waals surface area contributed by atoms with Crippen LogP contribution in [0.15, 0.2) is 18.2 Å². The quantitative estimate of drug-likeness (QED) is 0.869. The third-order valence-corrected chi connectivity index (χ3v) is 3.68. The van der Waals surface area contributed by atoms with Gasteiger partial charge in [0.1, 0.15) is 5.82 Å². The second-order valence-electron chi connectivity index (χ2n) is 4.77. The van der Waals surface area contributed by atoms with E-state index in [1.54, 1.807) is 6.07 Å². The zero-order valence-corrected chi connectivity index (χ0v) is 10.4. The van der Waals surface area contributed by atoms with Crippen molar-refractivity contribution in [2.24, 2.45) is 0 Å². The maximum atomic E-state index is 13.0.